The normalized spacial score (nSPS) is 13.1. The van der Waals surface area contributed by atoms with E-state index >= 15 is 0 Å². The summed E-state index contributed by atoms with van der Waals surface area (Å²) in [6.45, 7) is 2.71. The molecule has 0 aliphatic rings. The molecule has 0 saturated heterocycles. The molecule has 0 amide bonds. The first-order valence-corrected chi connectivity index (χ1v) is 5.84. The number of carbonyl (C=O) groups is 1. The lowest BCUT2D eigenvalue weighted by Crippen LogP contribution is -2.31. The van der Waals surface area contributed by atoms with Crippen LogP contribution in [0.1, 0.15) is 18.1 Å². The summed E-state index contributed by atoms with van der Waals surface area (Å²) in [4.78, 5) is 12.6. The second kappa shape index (κ2) is 6.93. The van der Waals surface area contributed by atoms with Crippen LogP contribution in [0.4, 0.5) is 0 Å². The summed E-state index contributed by atoms with van der Waals surface area (Å²) >= 11 is 0. The molecule has 1 aromatic carbocycles. The van der Waals surface area contributed by atoms with Gasteiger partial charge < -0.3 is 10.2 Å². The number of nitrogens with zero attached hydrogens (tertiary/aromatic N) is 1. The highest BCUT2D eigenvalue weighted by Gasteiger charge is 2.09. The summed E-state index contributed by atoms with van der Waals surface area (Å²) in [6, 6.07) is 7.71. The van der Waals surface area contributed by atoms with E-state index in [1.165, 1.54) is 0 Å². The van der Waals surface area contributed by atoms with Crippen LogP contribution in [-0.4, -0.2) is 40.8 Å². The molecule has 1 rings (SSSR count). The average molecular weight is 249 g/mol. The fourth-order valence-corrected chi connectivity index (χ4v) is 1.57. The number of carboxylic acids is 1. The molecule has 0 aliphatic carbocycles. The fraction of sp³-hybridized carbons (Fsp3) is 0.357. The summed E-state index contributed by atoms with van der Waals surface area (Å²) < 4.78 is 0. The minimum Gasteiger partial charge on any atom is -0.478 e. The van der Waals surface area contributed by atoms with E-state index in [4.69, 9.17) is 10.2 Å². The van der Waals surface area contributed by atoms with Gasteiger partial charge in [-0.05, 0) is 31.2 Å². The molecule has 98 valence electrons. The van der Waals surface area contributed by atoms with Crippen LogP contribution in [0, 0.1) is 0 Å². The Morgan fingerprint density at radius 3 is 2.72 bits per heavy atom. The zero-order chi connectivity index (χ0) is 13.5. The number of benzene rings is 1. The maximum absolute atomic E-state index is 10.5. The molecule has 0 fully saturated rings. The van der Waals surface area contributed by atoms with Crippen LogP contribution in [0.25, 0.3) is 6.08 Å². The van der Waals surface area contributed by atoms with Crippen molar-refractivity contribution in [3.8, 4) is 0 Å². The largest absolute Gasteiger partial charge is 0.478 e. The van der Waals surface area contributed by atoms with Crippen molar-refractivity contribution in [2.45, 2.75) is 19.5 Å². The average Bonchev–Trinajstić information content (AvgIpc) is 2.36. The highest BCUT2D eigenvalue weighted by molar-refractivity contribution is 5.85. The quantitative estimate of drug-likeness (QED) is 0.752. The van der Waals surface area contributed by atoms with Gasteiger partial charge in [-0.25, -0.2) is 4.79 Å². The van der Waals surface area contributed by atoms with Gasteiger partial charge in [-0.15, -0.1) is 0 Å². The van der Waals surface area contributed by atoms with Crippen molar-refractivity contribution in [1.82, 2.24) is 4.90 Å². The second-order valence-electron chi connectivity index (χ2n) is 4.32. The molecule has 0 saturated carbocycles. The summed E-state index contributed by atoms with van der Waals surface area (Å²) in [6.07, 6.45) is 2.73. The highest BCUT2D eigenvalue weighted by atomic mass is 16.4. The summed E-state index contributed by atoms with van der Waals surface area (Å²) in [5.41, 5.74) is 1.93. The van der Waals surface area contributed by atoms with E-state index in [-0.39, 0.29) is 12.6 Å². The minimum atomic E-state index is -0.957. The third kappa shape index (κ3) is 4.31. The van der Waals surface area contributed by atoms with Crippen LogP contribution in [0.15, 0.2) is 30.3 Å². The molecule has 0 heterocycles. The van der Waals surface area contributed by atoms with Gasteiger partial charge in [0.15, 0.2) is 0 Å². The van der Waals surface area contributed by atoms with E-state index < -0.39 is 5.97 Å². The third-order valence-corrected chi connectivity index (χ3v) is 2.90. The molecule has 1 aromatic rings. The predicted octanol–water partition coefficient (Wildman–Crippen LogP) is 1.60. The molecule has 2 N–H and O–H groups in total. The van der Waals surface area contributed by atoms with Crippen LogP contribution >= 0.6 is 0 Å². The van der Waals surface area contributed by atoms with Crippen LogP contribution in [0.3, 0.4) is 0 Å². The Bertz CT molecular complexity index is 429. The zero-order valence-corrected chi connectivity index (χ0v) is 10.7. The lowest BCUT2D eigenvalue weighted by Gasteiger charge is -2.23. The van der Waals surface area contributed by atoms with Crippen molar-refractivity contribution in [3.63, 3.8) is 0 Å². The van der Waals surface area contributed by atoms with Crippen molar-refractivity contribution >= 4 is 12.0 Å². The molecule has 1 unspecified atom stereocenters. The van der Waals surface area contributed by atoms with E-state index in [2.05, 4.69) is 0 Å². The van der Waals surface area contributed by atoms with Crippen LogP contribution in [-0.2, 0) is 11.3 Å². The molecule has 0 aromatic heterocycles. The van der Waals surface area contributed by atoms with Gasteiger partial charge in [-0.3, -0.25) is 4.90 Å². The molecule has 1 atom stereocenters. The van der Waals surface area contributed by atoms with Gasteiger partial charge >= 0.3 is 5.97 Å². The number of aliphatic hydroxyl groups excluding tert-OH is 1. The molecule has 4 nitrogen and oxygen atoms in total. The van der Waals surface area contributed by atoms with E-state index in [9.17, 15) is 4.79 Å². The molecule has 0 bridgehead atoms. The number of carboxylic acid groups (broad SMARTS) is 1. The van der Waals surface area contributed by atoms with E-state index in [1.807, 2.05) is 43.1 Å². The minimum absolute atomic E-state index is 0.0708. The summed E-state index contributed by atoms with van der Waals surface area (Å²) in [5.74, 6) is -0.957. The lowest BCUT2D eigenvalue weighted by atomic mass is 10.1. The predicted molar refractivity (Wildman–Crippen MR) is 71.1 cm³/mol. The Morgan fingerprint density at radius 2 is 2.11 bits per heavy atom. The number of aliphatic carboxylic acids is 1. The van der Waals surface area contributed by atoms with Crippen molar-refractivity contribution in [3.05, 3.63) is 41.5 Å². The molecule has 0 aliphatic heterocycles. The van der Waals surface area contributed by atoms with Crippen LogP contribution < -0.4 is 0 Å². The third-order valence-electron chi connectivity index (χ3n) is 2.90. The zero-order valence-electron chi connectivity index (χ0n) is 10.7. The van der Waals surface area contributed by atoms with Gasteiger partial charge in [0.25, 0.3) is 0 Å². The number of rotatable bonds is 6. The van der Waals surface area contributed by atoms with Gasteiger partial charge in [0.05, 0.1) is 6.61 Å². The topological polar surface area (TPSA) is 60.8 Å². The smallest absolute Gasteiger partial charge is 0.328 e. The Balaban J connectivity index is 2.85. The number of hydrogen-bond acceptors (Lipinski definition) is 3. The van der Waals surface area contributed by atoms with E-state index in [0.29, 0.717) is 6.54 Å². The van der Waals surface area contributed by atoms with Gasteiger partial charge in [-0.2, -0.15) is 0 Å². The Kier molecular flexibility index (Phi) is 5.55. The fourth-order valence-electron chi connectivity index (χ4n) is 1.57. The first-order chi connectivity index (χ1) is 8.54. The lowest BCUT2D eigenvalue weighted by molar-refractivity contribution is -0.131. The molecule has 4 heteroatoms. The Hall–Kier alpha value is -1.65. The maximum atomic E-state index is 10.5. The number of hydrogen-bond donors (Lipinski definition) is 2. The number of likely N-dealkylation sites (N-methyl/N-ethyl adjacent to an activating group) is 1. The highest BCUT2D eigenvalue weighted by Crippen LogP contribution is 2.14. The molecular weight excluding hydrogens is 230 g/mol. The molecule has 0 radical (unpaired) electrons. The standard InChI is InChI=1S/C14H19NO3/c1-11(10-16)15(2)9-13-6-4-3-5-12(13)7-8-14(17)18/h3-8,11,16H,9-10H2,1-2H3,(H,17,18)/b8-7+. The molecule has 0 spiro atoms. The number of aliphatic hydroxyl groups is 1. The second-order valence-corrected chi connectivity index (χ2v) is 4.32. The van der Waals surface area contributed by atoms with Crippen molar-refractivity contribution < 1.29 is 15.0 Å². The van der Waals surface area contributed by atoms with Gasteiger partial charge in [0, 0.05) is 18.7 Å². The van der Waals surface area contributed by atoms with Gasteiger partial charge in [0.2, 0.25) is 0 Å². The Morgan fingerprint density at radius 1 is 1.44 bits per heavy atom. The van der Waals surface area contributed by atoms with Crippen molar-refractivity contribution in [1.29, 1.82) is 0 Å². The summed E-state index contributed by atoms with van der Waals surface area (Å²) in [7, 11) is 1.93. The maximum Gasteiger partial charge on any atom is 0.328 e. The van der Waals surface area contributed by atoms with Gasteiger partial charge in [0.1, 0.15) is 0 Å². The summed E-state index contributed by atoms with van der Waals surface area (Å²) in [5, 5.41) is 17.7. The van der Waals surface area contributed by atoms with Crippen LogP contribution in [0.5, 0.6) is 0 Å². The molecular formula is C14H19NO3. The van der Waals surface area contributed by atoms with E-state index in [0.717, 1.165) is 17.2 Å². The van der Waals surface area contributed by atoms with Crippen LogP contribution in [0.2, 0.25) is 0 Å². The SMILES string of the molecule is CC(CO)N(C)Cc1ccccc1/C=C/C(=O)O. The van der Waals surface area contributed by atoms with E-state index in [1.54, 1.807) is 6.08 Å². The monoisotopic (exact) mass is 249 g/mol. The van der Waals surface area contributed by atoms with Crippen molar-refractivity contribution in [2.24, 2.45) is 0 Å². The molecule has 18 heavy (non-hydrogen) atoms. The first-order valence-electron chi connectivity index (χ1n) is 5.84. The van der Waals surface area contributed by atoms with Gasteiger partial charge in [-0.1, -0.05) is 24.3 Å². The van der Waals surface area contributed by atoms with Crippen molar-refractivity contribution in [2.75, 3.05) is 13.7 Å². The first kappa shape index (κ1) is 14.4. The Labute approximate surface area is 107 Å².